The highest BCUT2D eigenvalue weighted by molar-refractivity contribution is 5.94. The molecule has 26 heavy (non-hydrogen) atoms. The van der Waals surface area contributed by atoms with Crippen LogP contribution in [-0.2, 0) is 33.4 Å². The Bertz CT molecular complexity index is 592. The summed E-state index contributed by atoms with van der Waals surface area (Å²) in [6.45, 7) is 4.41. The molecule has 0 aromatic heterocycles. The van der Waals surface area contributed by atoms with Crippen molar-refractivity contribution in [3.63, 3.8) is 0 Å². The quantitative estimate of drug-likeness (QED) is 0.497. The van der Waals surface area contributed by atoms with Crippen molar-refractivity contribution in [2.24, 2.45) is 0 Å². The van der Waals surface area contributed by atoms with E-state index < -0.39 is 48.1 Å². The highest BCUT2D eigenvalue weighted by Crippen LogP contribution is 2.08. The van der Waals surface area contributed by atoms with E-state index in [1.165, 1.54) is 32.9 Å². The summed E-state index contributed by atoms with van der Waals surface area (Å²) >= 11 is 0. The standard InChI is InChI=1S/C18H24O8/c1-11-10-18(23)26-12(2)14(19)6-4-5-7-16(21)25-13(3)15(20)8-9-17(22)24-11/h4,6,8-9,11-13,15,20H,5,7,10H2,1-3H3/b6-4+,9-8+/t11-,12-,13-,15+/m0/s1. The minimum atomic E-state index is -1.19. The van der Waals surface area contributed by atoms with Crippen LogP contribution in [0.1, 0.15) is 40.0 Å². The maximum absolute atomic E-state index is 11.9. The average Bonchev–Trinajstić information content (AvgIpc) is 2.54. The van der Waals surface area contributed by atoms with E-state index in [0.717, 1.165) is 12.2 Å². The molecule has 0 aliphatic carbocycles. The third-order valence-corrected chi connectivity index (χ3v) is 3.51. The first kappa shape index (κ1) is 21.6. The van der Waals surface area contributed by atoms with E-state index in [4.69, 9.17) is 14.2 Å². The van der Waals surface area contributed by atoms with Crippen LogP contribution < -0.4 is 0 Å². The number of carbonyl (C=O) groups excluding carboxylic acids is 4. The number of aliphatic hydroxyl groups is 1. The van der Waals surface area contributed by atoms with Crippen molar-refractivity contribution in [1.82, 2.24) is 0 Å². The molecule has 1 rings (SSSR count). The molecule has 1 N–H and O–H groups in total. The predicted molar refractivity (Wildman–Crippen MR) is 89.8 cm³/mol. The molecular weight excluding hydrogens is 344 g/mol. The van der Waals surface area contributed by atoms with Crippen molar-refractivity contribution in [3.05, 3.63) is 24.3 Å². The highest BCUT2D eigenvalue weighted by Gasteiger charge is 2.20. The van der Waals surface area contributed by atoms with Gasteiger partial charge in [-0.3, -0.25) is 14.4 Å². The first-order chi connectivity index (χ1) is 12.2. The van der Waals surface area contributed by atoms with Crippen LogP contribution in [0.3, 0.4) is 0 Å². The van der Waals surface area contributed by atoms with Crippen LogP contribution in [0.5, 0.6) is 0 Å². The highest BCUT2D eigenvalue weighted by atomic mass is 16.6. The van der Waals surface area contributed by atoms with Crippen molar-refractivity contribution in [3.8, 4) is 0 Å². The third kappa shape index (κ3) is 8.06. The predicted octanol–water partition coefficient (Wildman–Crippen LogP) is 1.01. The Morgan fingerprint density at radius 2 is 1.65 bits per heavy atom. The summed E-state index contributed by atoms with van der Waals surface area (Å²) in [5.74, 6) is -2.43. The summed E-state index contributed by atoms with van der Waals surface area (Å²) < 4.78 is 15.0. The van der Waals surface area contributed by atoms with E-state index in [1.54, 1.807) is 0 Å². The van der Waals surface area contributed by atoms with Crippen LogP contribution in [0, 0.1) is 0 Å². The maximum atomic E-state index is 11.9. The summed E-state index contributed by atoms with van der Waals surface area (Å²) in [5, 5.41) is 9.87. The van der Waals surface area contributed by atoms with Gasteiger partial charge in [-0.1, -0.05) is 6.08 Å². The fraction of sp³-hybridized carbons (Fsp3) is 0.556. The Morgan fingerprint density at radius 1 is 0.962 bits per heavy atom. The Balaban J connectivity index is 2.85. The van der Waals surface area contributed by atoms with Crippen LogP contribution in [0.4, 0.5) is 0 Å². The first-order valence-electron chi connectivity index (χ1n) is 8.35. The van der Waals surface area contributed by atoms with Crippen molar-refractivity contribution < 1.29 is 38.5 Å². The van der Waals surface area contributed by atoms with Gasteiger partial charge in [0.05, 0.1) is 6.42 Å². The van der Waals surface area contributed by atoms with Crippen LogP contribution >= 0.6 is 0 Å². The molecule has 8 heteroatoms. The lowest BCUT2D eigenvalue weighted by molar-refractivity contribution is -0.157. The molecule has 8 nitrogen and oxygen atoms in total. The lowest BCUT2D eigenvalue weighted by Crippen LogP contribution is -2.28. The van der Waals surface area contributed by atoms with E-state index in [9.17, 15) is 24.3 Å². The minimum absolute atomic E-state index is 0.0122. The fourth-order valence-electron chi connectivity index (χ4n) is 2.02. The van der Waals surface area contributed by atoms with Gasteiger partial charge in [-0.2, -0.15) is 0 Å². The molecular formula is C18H24O8. The van der Waals surface area contributed by atoms with Gasteiger partial charge in [0.25, 0.3) is 0 Å². The van der Waals surface area contributed by atoms with E-state index in [-0.39, 0.29) is 19.3 Å². The number of ketones is 1. The van der Waals surface area contributed by atoms with Gasteiger partial charge in [0, 0.05) is 12.5 Å². The average molecular weight is 368 g/mol. The van der Waals surface area contributed by atoms with E-state index in [1.807, 2.05) is 0 Å². The van der Waals surface area contributed by atoms with Crippen LogP contribution in [-0.4, -0.2) is 53.2 Å². The molecule has 0 unspecified atom stereocenters. The number of hydrogen-bond donors (Lipinski definition) is 1. The molecule has 0 bridgehead atoms. The topological polar surface area (TPSA) is 116 Å². The molecule has 4 atom stereocenters. The van der Waals surface area contributed by atoms with Gasteiger partial charge in [-0.05, 0) is 39.3 Å². The number of esters is 3. The largest absolute Gasteiger partial charge is 0.460 e. The van der Waals surface area contributed by atoms with Crippen LogP contribution in [0.15, 0.2) is 24.3 Å². The Kier molecular flexibility index (Phi) is 8.71. The van der Waals surface area contributed by atoms with Gasteiger partial charge in [-0.15, -0.1) is 0 Å². The second-order valence-corrected chi connectivity index (χ2v) is 5.97. The Hall–Kier alpha value is -2.48. The molecule has 144 valence electrons. The van der Waals surface area contributed by atoms with Crippen LogP contribution in [0.2, 0.25) is 0 Å². The molecule has 0 amide bonds. The maximum Gasteiger partial charge on any atom is 0.330 e. The summed E-state index contributed by atoms with van der Waals surface area (Å²) in [6.07, 6.45) is 1.12. The van der Waals surface area contributed by atoms with Gasteiger partial charge in [0.2, 0.25) is 0 Å². The normalized spacial score (nSPS) is 32.5. The summed E-state index contributed by atoms with van der Waals surface area (Å²) in [7, 11) is 0. The second-order valence-electron chi connectivity index (χ2n) is 5.97. The summed E-state index contributed by atoms with van der Waals surface area (Å²) in [4.78, 5) is 47.0. The number of aliphatic hydroxyl groups excluding tert-OH is 1. The number of cyclic esters (lactones) is 3. The zero-order valence-corrected chi connectivity index (χ0v) is 15.0. The second kappa shape index (κ2) is 10.5. The lowest BCUT2D eigenvalue weighted by Gasteiger charge is -2.17. The zero-order chi connectivity index (χ0) is 19.7. The number of ether oxygens (including phenoxy) is 3. The minimum Gasteiger partial charge on any atom is -0.460 e. The molecule has 0 aromatic rings. The zero-order valence-electron chi connectivity index (χ0n) is 15.0. The number of allylic oxidation sites excluding steroid dienone is 1. The van der Waals surface area contributed by atoms with Gasteiger partial charge < -0.3 is 19.3 Å². The van der Waals surface area contributed by atoms with Crippen molar-refractivity contribution in [1.29, 1.82) is 0 Å². The smallest absolute Gasteiger partial charge is 0.330 e. The molecule has 0 spiro atoms. The molecule has 1 aliphatic rings. The molecule has 0 fully saturated rings. The van der Waals surface area contributed by atoms with Gasteiger partial charge in [0.1, 0.15) is 18.3 Å². The van der Waals surface area contributed by atoms with Crippen molar-refractivity contribution in [2.75, 3.05) is 0 Å². The SMILES string of the molecule is C[C@@H]1OC(=O)C[C@H](C)OC(=O)/C=C/[C@@H](O)[C@H](C)OC(=O)CC/C=C/C1=O. The number of rotatable bonds is 0. The molecule has 1 heterocycles. The molecule has 0 radical (unpaired) electrons. The fourth-order valence-corrected chi connectivity index (χ4v) is 2.02. The Labute approximate surface area is 151 Å². The van der Waals surface area contributed by atoms with E-state index in [0.29, 0.717) is 0 Å². The summed E-state index contributed by atoms with van der Waals surface area (Å²) in [5.41, 5.74) is 0. The lowest BCUT2D eigenvalue weighted by atomic mass is 10.2. The third-order valence-electron chi connectivity index (χ3n) is 3.51. The molecule has 1 aliphatic heterocycles. The van der Waals surface area contributed by atoms with Gasteiger partial charge >= 0.3 is 17.9 Å². The van der Waals surface area contributed by atoms with Crippen LogP contribution in [0.25, 0.3) is 0 Å². The van der Waals surface area contributed by atoms with Gasteiger partial charge in [-0.25, -0.2) is 4.79 Å². The van der Waals surface area contributed by atoms with Crippen molar-refractivity contribution >= 4 is 23.7 Å². The molecule has 0 aromatic carbocycles. The Morgan fingerprint density at radius 3 is 2.35 bits per heavy atom. The number of hydrogen-bond acceptors (Lipinski definition) is 8. The molecule has 0 saturated carbocycles. The van der Waals surface area contributed by atoms with E-state index in [2.05, 4.69) is 0 Å². The van der Waals surface area contributed by atoms with E-state index >= 15 is 0 Å². The molecule has 0 saturated heterocycles. The monoisotopic (exact) mass is 368 g/mol. The number of carbonyl (C=O) groups is 4. The first-order valence-corrected chi connectivity index (χ1v) is 8.35. The summed E-state index contributed by atoms with van der Waals surface area (Å²) in [6, 6.07) is 0. The van der Waals surface area contributed by atoms with Crippen molar-refractivity contribution in [2.45, 2.75) is 64.4 Å². The van der Waals surface area contributed by atoms with Gasteiger partial charge in [0.15, 0.2) is 11.9 Å².